The van der Waals surface area contributed by atoms with E-state index in [0.29, 0.717) is 0 Å². The topological polar surface area (TPSA) is 33.1 Å². The lowest BCUT2D eigenvalue weighted by Gasteiger charge is -1.96. The number of hydrogen-bond acceptors (Lipinski definition) is 2. The molecule has 1 heterocycles. The molecular weight excluding hydrogens is 253 g/mol. The minimum Gasteiger partial charge on any atom is -0.505 e. The van der Waals surface area contributed by atoms with Gasteiger partial charge in [-0.25, -0.2) is 4.98 Å². The Morgan fingerprint density at radius 1 is 1.54 bits per heavy atom. The fraction of sp³-hybridized carbons (Fsp3) is 0.222. The van der Waals surface area contributed by atoms with Crippen LogP contribution in [0.3, 0.4) is 0 Å². The Bertz CT molecular complexity index is 314. The normalized spacial score (nSPS) is 10.9. The van der Waals surface area contributed by atoms with Crippen molar-refractivity contribution in [3.05, 3.63) is 29.1 Å². The first-order chi connectivity index (χ1) is 6.24. The predicted molar refractivity (Wildman–Crippen MR) is 58.4 cm³/mol. The molecule has 0 spiro atoms. The zero-order valence-electron chi connectivity index (χ0n) is 6.87. The van der Waals surface area contributed by atoms with E-state index in [1.807, 2.05) is 12.2 Å². The number of allylic oxidation sites excluding steroid dienone is 1. The molecule has 0 radical (unpaired) electrons. The molecule has 0 bridgehead atoms. The van der Waals surface area contributed by atoms with Crippen molar-refractivity contribution in [2.45, 2.75) is 6.42 Å². The molecule has 0 unspecified atom stereocenters. The molecule has 1 aromatic heterocycles. The number of rotatable bonds is 3. The maximum atomic E-state index is 9.09. The Hall–Kier alpha value is -0.540. The Balaban J connectivity index is 2.73. The first kappa shape index (κ1) is 10.5. The molecule has 2 nitrogen and oxygen atoms in total. The highest BCUT2D eigenvalue weighted by atomic mass is 79.9. The number of pyridine rings is 1. The molecule has 0 fully saturated rings. The summed E-state index contributed by atoms with van der Waals surface area (Å²) in [5.74, 6) is 0.0132. The molecule has 0 saturated heterocycles. The van der Waals surface area contributed by atoms with E-state index in [2.05, 4.69) is 20.9 Å². The van der Waals surface area contributed by atoms with Gasteiger partial charge in [0.1, 0.15) is 0 Å². The molecule has 0 amide bonds. The van der Waals surface area contributed by atoms with Gasteiger partial charge in [0, 0.05) is 5.33 Å². The molecule has 70 valence electrons. The van der Waals surface area contributed by atoms with E-state index >= 15 is 0 Å². The lowest BCUT2D eigenvalue weighted by atomic mass is 10.3. The number of nitrogens with zero attached hydrogens (tertiary/aromatic N) is 1. The van der Waals surface area contributed by atoms with Crippen LogP contribution in [-0.4, -0.2) is 15.4 Å². The Labute approximate surface area is 90.4 Å². The summed E-state index contributed by atoms with van der Waals surface area (Å²) in [5.41, 5.74) is 0.753. The second-order valence-electron chi connectivity index (χ2n) is 2.43. The molecule has 0 saturated carbocycles. The highest BCUT2D eigenvalue weighted by Gasteiger charge is 1.98. The number of hydrogen-bond donors (Lipinski definition) is 1. The molecule has 1 aromatic rings. The van der Waals surface area contributed by atoms with Crippen molar-refractivity contribution in [2.75, 3.05) is 5.33 Å². The molecule has 4 heteroatoms. The van der Waals surface area contributed by atoms with Gasteiger partial charge in [-0.2, -0.15) is 0 Å². The van der Waals surface area contributed by atoms with Crippen LogP contribution < -0.4 is 0 Å². The summed E-state index contributed by atoms with van der Waals surface area (Å²) < 4.78 is 0. The molecule has 0 aliphatic rings. The third-order valence-electron chi connectivity index (χ3n) is 1.41. The van der Waals surface area contributed by atoms with Gasteiger partial charge in [0.25, 0.3) is 0 Å². The summed E-state index contributed by atoms with van der Waals surface area (Å²) in [6, 6.07) is 3.25. The second kappa shape index (κ2) is 5.25. The van der Waals surface area contributed by atoms with Gasteiger partial charge in [-0.3, -0.25) is 0 Å². The molecule has 0 atom stereocenters. The minimum atomic E-state index is 0.0132. The van der Waals surface area contributed by atoms with Crippen LogP contribution in [0, 0.1) is 0 Å². The Morgan fingerprint density at radius 3 is 2.92 bits per heavy atom. The Morgan fingerprint density at radius 2 is 2.31 bits per heavy atom. The van der Waals surface area contributed by atoms with Gasteiger partial charge in [-0.1, -0.05) is 33.6 Å². The zero-order chi connectivity index (χ0) is 9.68. The summed E-state index contributed by atoms with van der Waals surface area (Å²) in [7, 11) is 0. The van der Waals surface area contributed by atoms with Gasteiger partial charge in [-0.05, 0) is 24.6 Å². The minimum absolute atomic E-state index is 0.0132. The van der Waals surface area contributed by atoms with Crippen molar-refractivity contribution >= 4 is 33.6 Å². The molecule has 0 aromatic carbocycles. The molecular formula is C9H9BrClNO. The van der Waals surface area contributed by atoms with Crippen molar-refractivity contribution in [3.8, 4) is 5.75 Å². The third kappa shape index (κ3) is 3.36. The van der Waals surface area contributed by atoms with Gasteiger partial charge in [0.15, 0.2) is 10.9 Å². The predicted octanol–water partition coefficient (Wildman–Crippen LogP) is 3.24. The quantitative estimate of drug-likeness (QED) is 0.670. The van der Waals surface area contributed by atoms with Crippen molar-refractivity contribution in [2.24, 2.45) is 0 Å². The molecule has 13 heavy (non-hydrogen) atoms. The molecule has 0 aliphatic heterocycles. The summed E-state index contributed by atoms with van der Waals surface area (Å²) in [6.45, 7) is 0. The first-order valence-corrected chi connectivity index (χ1v) is 5.32. The average Bonchev–Trinajstić information content (AvgIpc) is 2.12. The van der Waals surface area contributed by atoms with E-state index < -0.39 is 0 Å². The summed E-state index contributed by atoms with van der Waals surface area (Å²) >= 11 is 8.93. The van der Waals surface area contributed by atoms with Crippen molar-refractivity contribution < 1.29 is 5.11 Å². The van der Waals surface area contributed by atoms with Crippen molar-refractivity contribution in [3.63, 3.8) is 0 Å². The van der Waals surface area contributed by atoms with E-state index in [9.17, 15) is 0 Å². The lowest BCUT2D eigenvalue weighted by molar-refractivity contribution is 0.473. The first-order valence-electron chi connectivity index (χ1n) is 3.82. The molecule has 0 aliphatic carbocycles. The number of aromatic nitrogens is 1. The van der Waals surface area contributed by atoms with Gasteiger partial charge in [-0.15, -0.1) is 0 Å². The SMILES string of the molecule is Oc1ccc(C=CCCBr)nc1Cl. The highest BCUT2D eigenvalue weighted by Crippen LogP contribution is 2.20. The smallest absolute Gasteiger partial charge is 0.171 e. The van der Waals surface area contributed by atoms with Crippen LogP contribution in [-0.2, 0) is 0 Å². The van der Waals surface area contributed by atoms with Crippen LogP contribution in [0.15, 0.2) is 18.2 Å². The van der Waals surface area contributed by atoms with E-state index in [1.165, 1.54) is 6.07 Å². The van der Waals surface area contributed by atoms with Crippen molar-refractivity contribution in [1.82, 2.24) is 4.98 Å². The third-order valence-corrected chi connectivity index (χ3v) is 2.15. The lowest BCUT2D eigenvalue weighted by Crippen LogP contribution is -1.81. The Kier molecular flexibility index (Phi) is 4.25. The highest BCUT2D eigenvalue weighted by molar-refractivity contribution is 9.09. The van der Waals surface area contributed by atoms with Gasteiger partial charge >= 0.3 is 0 Å². The van der Waals surface area contributed by atoms with E-state index in [-0.39, 0.29) is 10.9 Å². The summed E-state index contributed by atoms with van der Waals surface area (Å²) in [6.07, 6.45) is 4.80. The van der Waals surface area contributed by atoms with Crippen LogP contribution >= 0.6 is 27.5 Å². The summed E-state index contributed by atoms with van der Waals surface area (Å²) in [5, 5.41) is 10.2. The van der Waals surface area contributed by atoms with Crippen LogP contribution in [0.4, 0.5) is 0 Å². The van der Waals surface area contributed by atoms with E-state index in [4.69, 9.17) is 16.7 Å². The van der Waals surface area contributed by atoms with Gasteiger partial charge < -0.3 is 5.11 Å². The van der Waals surface area contributed by atoms with Gasteiger partial charge in [0.05, 0.1) is 5.69 Å². The fourth-order valence-electron chi connectivity index (χ4n) is 0.801. The maximum absolute atomic E-state index is 9.09. The van der Waals surface area contributed by atoms with Crippen molar-refractivity contribution in [1.29, 1.82) is 0 Å². The fourth-order valence-corrected chi connectivity index (χ4v) is 1.23. The average molecular weight is 263 g/mol. The number of alkyl halides is 1. The van der Waals surface area contributed by atoms with Crippen LogP contribution in [0.25, 0.3) is 6.08 Å². The number of halogens is 2. The van der Waals surface area contributed by atoms with Crippen LogP contribution in [0.2, 0.25) is 5.15 Å². The molecule has 1 N–H and O–H groups in total. The zero-order valence-corrected chi connectivity index (χ0v) is 9.22. The standard InChI is InChI=1S/C9H9BrClNO/c10-6-2-1-3-7-4-5-8(13)9(11)12-7/h1,3-5,13H,2,6H2. The molecule has 1 rings (SSSR count). The maximum Gasteiger partial charge on any atom is 0.171 e. The van der Waals surface area contributed by atoms with E-state index in [0.717, 1.165) is 17.4 Å². The monoisotopic (exact) mass is 261 g/mol. The number of aromatic hydroxyl groups is 1. The van der Waals surface area contributed by atoms with Gasteiger partial charge in [0.2, 0.25) is 0 Å². The van der Waals surface area contributed by atoms with Crippen LogP contribution in [0.5, 0.6) is 5.75 Å². The summed E-state index contributed by atoms with van der Waals surface area (Å²) in [4.78, 5) is 3.96. The van der Waals surface area contributed by atoms with Crippen LogP contribution in [0.1, 0.15) is 12.1 Å². The largest absolute Gasteiger partial charge is 0.505 e. The van der Waals surface area contributed by atoms with E-state index in [1.54, 1.807) is 6.07 Å². The second-order valence-corrected chi connectivity index (χ2v) is 3.58.